The Kier molecular flexibility index (Phi) is 2.43. The number of allylic oxidation sites excluding steroid dienone is 1. The lowest BCUT2D eigenvalue weighted by Gasteiger charge is -2.29. The minimum atomic E-state index is -0.235. The summed E-state index contributed by atoms with van der Waals surface area (Å²) in [6.07, 6.45) is 4.57. The average Bonchev–Trinajstić information content (AvgIpc) is 2.16. The fourth-order valence-corrected chi connectivity index (χ4v) is 2.38. The van der Waals surface area contributed by atoms with Crippen LogP contribution in [0.2, 0.25) is 0 Å². The van der Waals surface area contributed by atoms with Crippen molar-refractivity contribution < 1.29 is 0 Å². The zero-order valence-electron chi connectivity index (χ0n) is 9.80. The molecule has 0 saturated carbocycles. The Bertz CT molecular complexity index is 408. The van der Waals surface area contributed by atoms with E-state index in [0.717, 1.165) is 12.8 Å². The van der Waals surface area contributed by atoms with Gasteiger partial charge in [-0.2, -0.15) is 0 Å². The summed E-state index contributed by atoms with van der Waals surface area (Å²) >= 11 is 0. The van der Waals surface area contributed by atoms with Crippen molar-refractivity contribution in [3.8, 4) is 0 Å². The summed E-state index contributed by atoms with van der Waals surface area (Å²) in [5.74, 6) is 0. The second-order valence-electron chi connectivity index (χ2n) is 4.99. The Hall–Kier alpha value is -1.08. The van der Waals surface area contributed by atoms with Gasteiger partial charge in [-0.3, -0.25) is 0 Å². The van der Waals surface area contributed by atoms with Gasteiger partial charge < -0.3 is 5.73 Å². The van der Waals surface area contributed by atoms with E-state index in [1.807, 2.05) is 0 Å². The van der Waals surface area contributed by atoms with E-state index in [-0.39, 0.29) is 5.54 Å². The van der Waals surface area contributed by atoms with Crippen molar-refractivity contribution in [1.82, 2.24) is 0 Å². The second-order valence-corrected chi connectivity index (χ2v) is 4.99. The largest absolute Gasteiger partial charge is 0.322 e. The third-order valence-electron chi connectivity index (χ3n) is 3.08. The molecule has 0 atom stereocenters. The van der Waals surface area contributed by atoms with Gasteiger partial charge in [0.1, 0.15) is 0 Å². The van der Waals surface area contributed by atoms with Crippen LogP contribution < -0.4 is 5.73 Å². The second kappa shape index (κ2) is 3.49. The van der Waals surface area contributed by atoms with Crippen molar-refractivity contribution in [2.45, 2.75) is 39.2 Å². The molecule has 0 heterocycles. The highest BCUT2D eigenvalue weighted by Crippen LogP contribution is 2.34. The molecule has 80 valence electrons. The maximum atomic E-state index is 6.23. The van der Waals surface area contributed by atoms with Gasteiger partial charge in [0.25, 0.3) is 0 Å². The van der Waals surface area contributed by atoms with Crippen LogP contribution in [0.5, 0.6) is 0 Å². The number of hydrogen-bond acceptors (Lipinski definition) is 1. The first-order chi connectivity index (χ1) is 7.00. The number of benzene rings is 1. The molecule has 1 aromatic rings. The lowest BCUT2D eigenvalue weighted by atomic mass is 9.79. The molecule has 0 fully saturated rings. The van der Waals surface area contributed by atoms with E-state index < -0.39 is 0 Å². The maximum Gasteiger partial charge on any atom is 0.0355 e. The molecule has 0 spiro atoms. The Morgan fingerprint density at radius 1 is 1.27 bits per heavy atom. The Balaban J connectivity index is 2.60. The molecule has 0 amide bonds. The van der Waals surface area contributed by atoms with E-state index in [1.54, 1.807) is 0 Å². The highest BCUT2D eigenvalue weighted by molar-refractivity contribution is 5.77. The van der Waals surface area contributed by atoms with Crippen LogP contribution in [0.3, 0.4) is 0 Å². The fraction of sp³-hybridized carbons (Fsp3) is 0.429. The standard InChI is InChI=1S/C14H19N/c1-10-6-4-7-11-8-5-9-12(13(10)11)14(2,3)15/h4,6-7,9H,5,8,15H2,1-3H3. The maximum absolute atomic E-state index is 6.23. The Morgan fingerprint density at radius 3 is 2.67 bits per heavy atom. The van der Waals surface area contributed by atoms with E-state index in [9.17, 15) is 0 Å². The number of aryl methyl sites for hydroxylation is 2. The van der Waals surface area contributed by atoms with Gasteiger partial charge in [0.05, 0.1) is 0 Å². The van der Waals surface area contributed by atoms with E-state index in [1.165, 1.54) is 22.3 Å². The predicted octanol–water partition coefficient (Wildman–Crippen LogP) is 3.06. The number of fused-ring (bicyclic) bond motifs is 1. The van der Waals surface area contributed by atoms with Crippen molar-refractivity contribution in [3.63, 3.8) is 0 Å². The van der Waals surface area contributed by atoms with E-state index in [4.69, 9.17) is 5.73 Å². The van der Waals surface area contributed by atoms with Gasteiger partial charge in [0, 0.05) is 5.54 Å². The molecule has 1 heteroatoms. The average molecular weight is 201 g/mol. The molecule has 0 aliphatic heterocycles. The van der Waals surface area contributed by atoms with Crippen molar-refractivity contribution in [3.05, 3.63) is 41.0 Å². The zero-order chi connectivity index (χ0) is 11.1. The number of rotatable bonds is 1. The van der Waals surface area contributed by atoms with Crippen LogP contribution in [-0.2, 0) is 6.42 Å². The Morgan fingerprint density at radius 2 is 2.00 bits per heavy atom. The molecule has 1 aliphatic rings. The molecule has 1 aliphatic carbocycles. The van der Waals surface area contributed by atoms with Crippen LogP contribution >= 0.6 is 0 Å². The van der Waals surface area contributed by atoms with Gasteiger partial charge >= 0.3 is 0 Å². The quantitative estimate of drug-likeness (QED) is 0.742. The molecule has 15 heavy (non-hydrogen) atoms. The Labute approximate surface area is 92.0 Å². The molecule has 1 nitrogen and oxygen atoms in total. The summed E-state index contributed by atoms with van der Waals surface area (Å²) in [4.78, 5) is 0. The predicted molar refractivity (Wildman–Crippen MR) is 65.7 cm³/mol. The van der Waals surface area contributed by atoms with Gasteiger partial charge in [-0.1, -0.05) is 24.3 Å². The first-order valence-corrected chi connectivity index (χ1v) is 5.58. The molecule has 0 saturated heterocycles. The lowest BCUT2D eigenvalue weighted by Crippen LogP contribution is -2.34. The molecular formula is C14H19N. The smallest absolute Gasteiger partial charge is 0.0355 e. The summed E-state index contributed by atoms with van der Waals surface area (Å²) in [5.41, 5.74) is 11.5. The first-order valence-electron chi connectivity index (χ1n) is 5.58. The van der Waals surface area contributed by atoms with Crippen LogP contribution in [0.25, 0.3) is 5.57 Å². The summed E-state index contributed by atoms with van der Waals surface area (Å²) in [7, 11) is 0. The highest BCUT2D eigenvalue weighted by Gasteiger charge is 2.24. The van der Waals surface area contributed by atoms with Crippen molar-refractivity contribution in [2.24, 2.45) is 5.73 Å². The van der Waals surface area contributed by atoms with Gasteiger partial charge in [0.2, 0.25) is 0 Å². The van der Waals surface area contributed by atoms with Crippen LogP contribution in [0.15, 0.2) is 24.3 Å². The minimum Gasteiger partial charge on any atom is -0.322 e. The van der Waals surface area contributed by atoms with E-state index in [0.29, 0.717) is 0 Å². The molecule has 0 bridgehead atoms. The fourth-order valence-electron chi connectivity index (χ4n) is 2.38. The van der Waals surface area contributed by atoms with Crippen LogP contribution in [0.4, 0.5) is 0 Å². The van der Waals surface area contributed by atoms with Crippen molar-refractivity contribution >= 4 is 5.57 Å². The molecular weight excluding hydrogens is 182 g/mol. The van der Waals surface area contributed by atoms with Crippen LogP contribution in [0.1, 0.15) is 37.0 Å². The molecule has 2 N–H and O–H groups in total. The molecule has 0 radical (unpaired) electrons. The summed E-state index contributed by atoms with van der Waals surface area (Å²) < 4.78 is 0. The van der Waals surface area contributed by atoms with E-state index >= 15 is 0 Å². The first kappa shape index (κ1) is 10.4. The third-order valence-corrected chi connectivity index (χ3v) is 3.08. The minimum absolute atomic E-state index is 0.235. The third kappa shape index (κ3) is 1.84. The normalized spacial score (nSPS) is 15.9. The van der Waals surface area contributed by atoms with Gasteiger partial charge in [0.15, 0.2) is 0 Å². The zero-order valence-corrected chi connectivity index (χ0v) is 9.80. The summed E-state index contributed by atoms with van der Waals surface area (Å²) in [5, 5.41) is 0. The summed E-state index contributed by atoms with van der Waals surface area (Å²) in [6, 6.07) is 6.53. The van der Waals surface area contributed by atoms with E-state index in [2.05, 4.69) is 45.0 Å². The molecule has 1 aromatic carbocycles. The van der Waals surface area contributed by atoms with Gasteiger partial charge in [-0.05, 0) is 55.9 Å². The lowest BCUT2D eigenvalue weighted by molar-refractivity contribution is 0.666. The molecule has 0 aromatic heterocycles. The number of nitrogens with two attached hydrogens (primary N) is 1. The van der Waals surface area contributed by atoms with Crippen LogP contribution in [-0.4, -0.2) is 5.54 Å². The SMILES string of the molecule is Cc1cccc2c1C(C(C)(C)N)=CCC2. The van der Waals surface area contributed by atoms with Crippen molar-refractivity contribution in [2.75, 3.05) is 0 Å². The highest BCUT2D eigenvalue weighted by atomic mass is 14.7. The van der Waals surface area contributed by atoms with Crippen molar-refractivity contribution in [1.29, 1.82) is 0 Å². The monoisotopic (exact) mass is 201 g/mol. The topological polar surface area (TPSA) is 26.0 Å². The van der Waals surface area contributed by atoms with Crippen LogP contribution in [0, 0.1) is 6.92 Å². The summed E-state index contributed by atoms with van der Waals surface area (Å²) in [6.45, 7) is 6.34. The molecule has 0 unspecified atom stereocenters. The number of hydrogen-bond donors (Lipinski definition) is 1. The molecule has 2 rings (SSSR count). The van der Waals surface area contributed by atoms with Gasteiger partial charge in [-0.25, -0.2) is 0 Å². The van der Waals surface area contributed by atoms with Gasteiger partial charge in [-0.15, -0.1) is 0 Å².